The van der Waals surface area contributed by atoms with Crippen LogP contribution in [0, 0.1) is 0 Å². The summed E-state index contributed by atoms with van der Waals surface area (Å²) >= 11 is 0. The molecule has 1 aromatic carbocycles. The minimum absolute atomic E-state index is 0.696. The van der Waals surface area contributed by atoms with Crippen LogP contribution in [0.2, 0.25) is 0 Å². The molecule has 0 aromatic heterocycles. The van der Waals surface area contributed by atoms with Crippen molar-refractivity contribution in [2.24, 2.45) is 0 Å². The molecule has 114 valence electrons. The van der Waals surface area contributed by atoms with Crippen LogP contribution in [0.15, 0.2) is 29.8 Å². The lowest BCUT2D eigenvalue weighted by Gasteiger charge is -2.40. The van der Waals surface area contributed by atoms with Crippen molar-refractivity contribution in [1.29, 1.82) is 0 Å². The first-order valence-electron chi connectivity index (χ1n) is 8.45. The minimum Gasteiger partial charge on any atom is -0.497 e. The van der Waals surface area contributed by atoms with Crippen LogP contribution < -0.4 is 4.74 Å². The monoisotopic (exact) mass is 285 g/mol. The number of ether oxygens (including phenoxy) is 1. The van der Waals surface area contributed by atoms with Gasteiger partial charge in [-0.2, -0.15) is 0 Å². The van der Waals surface area contributed by atoms with Crippen LogP contribution >= 0.6 is 0 Å². The van der Waals surface area contributed by atoms with E-state index in [1.165, 1.54) is 63.6 Å². The lowest BCUT2D eigenvalue weighted by atomic mass is 9.88. The van der Waals surface area contributed by atoms with Gasteiger partial charge in [0.1, 0.15) is 5.75 Å². The van der Waals surface area contributed by atoms with Crippen LogP contribution in [0.1, 0.15) is 50.5 Å². The molecule has 0 radical (unpaired) electrons. The Balaban J connectivity index is 1.80. The maximum absolute atomic E-state index is 5.25. The fourth-order valence-corrected chi connectivity index (χ4v) is 3.52. The van der Waals surface area contributed by atoms with E-state index >= 15 is 0 Å². The first kappa shape index (κ1) is 14.6. The number of benzene rings is 1. The van der Waals surface area contributed by atoms with Gasteiger partial charge in [0.25, 0.3) is 0 Å². The van der Waals surface area contributed by atoms with E-state index in [9.17, 15) is 0 Å². The molecule has 1 saturated carbocycles. The molecule has 1 unspecified atom stereocenters. The van der Waals surface area contributed by atoms with Gasteiger partial charge in [-0.25, -0.2) is 0 Å². The molecular weight excluding hydrogens is 258 g/mol. The van der Waals surface area contributed by atoms with Crippen LogP contribution in [0.25, 0.3) is 6.08 Å². The Hall–Kier alpha value is -1.28. The number of hydrogen-bond donors (Lipinski definition) is 0. The van der Waals surface area contributed by atoms with Gasteiger partial charge in [-0.1, -0.05) is 43.0 Å². The maximum atomic E-state index is 5.25. The Morgan fingerprint density at radius 1 is 1.00 bits per heavy atom. The lowest BCUT2D eigenvalue weighted by Crippen LogP contribution is -2.46. The van der Waals surface area contributed by atoms with E-state index in [0.29, 0.717) is 6.04 Å². The minimum atomic E-state index is 0.696. The Kier molecular flexibility index (Phi) is 4.97. The largest absolute Gasteiger partial charge is 0.497 e. The fourth-order valence-electron chi connectivity index (χ4n) is 3.52. The van der Waals surface area contributed by atoms with Crippen LogP contribution in [0.5, 0.6) is 5.75 Å². The van der Waals surface area contributed by atoms with Crippen molar-refractivity contribution in [1.82, 2.24) is 4.90 Å². The topological polar surface area (TPSA) is 12.5 Å². The third-order valence-electron chi connectivity index (χ3n) is 4.92. The summed E-state index contributed by atoms with van der Waals surface area (Å²) < 4.78 is 5.25. The molecule has 1 aromatic rings. The molecule has 0 N–H and O–H groups in total. The van der Waals surface area contributed by atoms with Gasteiger partial charge in [-0.15, -0.1) is 0 Å². The average Bonchev–Trinajstić information content (AvgIpc) is 2.44. The Bertz CT molecular complexity index is 473. The van der Waals surface area contributed by atoms with Crippen LogP contribution in [-0.4, -0.2) is 31.1 Å². The van der Waals surface area contributed by atoms with Crippen molar-refractivity contribution >= 4 is 6.08 Å². The molecule has 1 aliphatic heterocycles. The molecule has 0 amide bonds. The second-order valence-electron chi connectivity index (χ2n) is 6.35. The van der Waals surface area contributed by atoms with Gasteiger partial charge in [0.15, 0.2) is 0 Å². The van der Waals surface area contributed by atoms with Crippen LogP contribution in [-0.2, 0) is 0 Å². The number of rotatable bonds is 3. The van der Waals surface area contributed by atoms with E-state index in [2.05, 4.69) is 35.2 Å². The second-order valence-corrected chi connectivity index (χ2v) is 6.35. The van der Waals surface area contributed by atoms with Crippen LogP contribution in [0.3, 0.4) is 0 Å². The van der Waals surface area contributed by atoms with Gasteiger partial charge in [-0.3, -0.25) is 4.90 Å². The SMILES string of the molecule is COc1ccc(C=C2CCCCCCC2N2CCC2)cc1. The first-order chi connectivity index (χ1) is 10.4. The third kappa shape index (κ3) is 3.68. The van der Waals surface area contributed by atoms with E-state index in [0.717, 1.165) is 5.75 Å². The predicted molar refractivity (Wildman–Crippen MR) is 88.7 cm³/mol. The molecule has 0 bridgehead atoms. The highest BCUT2D eigenvalue weighted by Crippen LogP contribution is 2.30. The number of methoxy groups -OCH3 is 1. The fraction of sp³-hybridized carbons (Fsp3) is 0.579. The molecule has 0 spiro atoms. The average molecular weight is 285 g/mol. The van der Waals surface area contributed by atoms with E-state index in [1.54, 1.807) is 12.7 Å². The molecule has 2 heteroatoms. The Morgan fingerprint density at radius 3 is 2.43 bits per heavy atom. The lowest BCUT2D eigenvalue weighted by molar-refractivity contribution is 0.126. The number of nitrogens with zero attached hydrogens (tertiary/aromatic N) is 1. The predicted octanol–water partition coefficient (Wildman–Crippen LogP) is 4.51. The zero-order valence-electron chi connectivity index (χ0n) is 13.2. The third-order valence-corrected chi connectivity index (χ3v) is 4.92. The normalized spacial score (nSPS) is 26.0. The van der Waals surface area contributed by atoms with Crippen molar-refractivity contribution in [3.05, 3.63) is 35.4 Å². The summed E-state index contributed by atoms with van der Waals surface area (Å²) in [6, 6.07) is 9.18. The first-order valence-corrected chi connectivity index (χ1v) is 8.45. The maximum Gasteiger partial charge on any atom is 0.118 e. The smallest absolute Gasteiger partial charge is 0.118 e. The zero-order chi connectivity index (χ0) is 14.5. The van der Waals surface area contributed by atoms with Gasteiger partial charge in [0, 0.05) is 6.04 Å². The summed E-state index contributed by atoms with van der Waals surface area (Å²) in [6.07, 6.45) is 12.0. The molecule has 2 aliphatic rings. The van der Waals surface area contributed by atoms with Gasteiger partial charge < -0.3 is 4.74 Å². The summed E-state index contributed by atoms with van der Waals surface area (Å²) in [4.78, 5) is 2.68. The van der Waals surface area contributed by atoms with E-state index in [-0.39, 0.29) is 0 Å². The zero-order valence-corrected chi connectivity index (χ0v) is 13.2. The highest BCUT2D eigenvalue weighted by Gasteiger charge is 2.27. The van der Waals surface area contributed by atoms with E-state index < -0.39 is 0 Å². The van der Waals surface area contributed by atoms with Crippen molar-refractivity contribution in [3.8, 4) is 5.75 Å². The van der Waals surface area contributed by atoms with Gasteiger partial charge in [-0.05, 0) is 56.5 Å². The summed E-state index contributed by atoms with van der Waals surface area (Å²) in [5.41, 5.74) is 2.97. The van der Waals surface area contributed by atoms with Crippen LogP contribution in [0.4, 0.5) is 0 Å². The molecule has 2 fully saturated rings. The molecule has 2 nitrogen and oxygen atoms in total. The standard InChI is InChI=1S/C19H27NO/c1-21-18-11-9-16(10-12-18)15-17-7-4-2-3-5-8-19(17)20-13-6-14-20/h9-12,15,19H,2-8,13-14H2,1H3. The number of likely N-dealkylation sites (tertiary alicyclic amines) is 1. The molecule has 3 rings (SSSR count). The molecule has 1 saturated heterocycles. The molecule has 1 atom stereocenters. The van der Waals surface area contributed by atoms with Gasteiger partial charge in [0.05, 0.1) is 7.11 Å². The Morgan fingerprint density at radius 2 is 1.76 bits per heavy atom. The summed E-state index contributed by atoms with van der Waals surface area (Å²) in [7, 11) is 1.72. The molecular formula is C19H27NO. The van der Waals surface area contributed by atoms with Crippen molar-refractivity contribution < 1.29 is 4.74 Å². The highest BCUT2D eigenvalue weighted by molar-refractivity contribution is 5.55. The highest BCUT2D eigenvalue weighted by atomic mass is 16.5. The molecule has 1 heterocycles. The van der Waals surface area contributed by atoms with Gasteiger partial charge >= 0.3 is 0 Å². The summed E-state index contributed by atoms with van der Waals surface area (Å²) in [5.74, 6) is 0.939. The van der Waals surface area contributed by atoms with E-state index in [4.69, 9.17) is 4.74 Å². The number of hydrogen-bond acceptors (Lipinski definition) is 2. The second kappa shape index (κ2) is 7.13. The molecule has 1 aliphatic carbocycles. The van der Waals surface area contributed by atoms with Crippen molar-refractivity contribution in [2.75, 3.05) is 20.2 Å². The van der Waals surface area contributed by atoms with E-state index in [1.807, 2.05) is 0 Å². The van der Waals surface area contributed by atoms with Gasteiger partial charge in [0.2, 0.25) is 0 Å². The quantitative estimate of drug-likeness (QED) is 0.810. The molecule has 21 heavy (non-hydrogen) atoms. The van der Waals surface area contributed by atoms with Crippen molar-refractivity contribution in [3.63, 3.8) is 0 Å². The van der Waals surface area contributed by atoms with Crippen molar-refractivity contribution in [2.45, 2.75) is 51.0 Å². The summed E-state index contributed by atoms with van der Waals surface area (Å²) in [5, 5.41) is 0. The Labute approximate surface area is 128 Å². The summed E-state index contributed by atoms with van der Waals surface area (Å²) in [6.45, 7) is 2.59.